The molecule has 1 aliphatic rings. The van der Waals surface area contributed by atoms with Gasteiger partial charge in [-0.3, -0.25) is 9.59 Å². The summed E-state index contributed by atoms with van der Waals surface area (Å²) < 4.78 is 10.9. The zero-order valence-electron chi connectivity index (χ0n) is 20.2. The van der Waals surface area contributed by atoms with Crippen molar-refractivity contribution in [1.82, 2.24) is 4.90 Å². The second-order valence-corrected chi connectivity index (χ2v) is 8.07. The summed E-state index contributed by atoms with van der Waals surface area (Å²) in [6.07, 6.45) is 3.01. The second kappa shape index (κ2) is 11.5. The third-order valence-corrected chi connectivity index (χ3v) is 6.22. The molecule has 180 valence electrons. The average molecular weight is 465 g/mol. The molecule has 3 rings (SSSR count). The largest absolute Gasteiger partial charge is 0.868 e. The van der Waals surface area contributed by atoms with Crippen LogP contribution in [0.4, 0.5) is 0 Å². The van der Waals surface area contributed by atoms with Gasteiger partial charge in [0.15, 0.2) is 5.78 Å². The SMILES string of the molecule is CC[NH+](CC)CCN1C(=O)C([O-])=C(C(=O)/C=C/c2ccccc2)C1c1ccc(OC)cc1OC. The highest BCUT2D eigenvalue weighted by atomic mass is 16.5. The van der Waals surface area contributed by atoms with Crippen LogP contribution < -0.4 is 19.5 Å². The van der Waals surface area contributed by atoms with Gasteiger partial charge < -0.3 is 24.4 Å². The van der Waals surface area contributed by atoms with Crippen molar-refractivity contribution in [3.8, 4) is 11.5 Å². The van der Waals surface area contributed by atoms with Gasteiger partial charge in [0.25, 0.3) is 0 Å². The van der Waals surface area contributed by atoms with E-state index in [0.29, 0.717) is 30.2 Å². The lowest BCUT2D eigenvalue weighted by Crippen LogP contribution is -3.12. The third-order valence-electron chi connectivity index (χ3n) is 6.22. The molecule has 1 heterocycles. The van der Waals surface area contributed by atoms with Crippen LogP contribution in [0.5, 0.6) is 11.5 Å². The maximum atomic E-state index is 13.3. The van der Waals surface area contributed by atoms with Crippen LogP contribution in [0.15, 0.2) is 65.9 Å². The first-order valence-corrected chi connectivity index (χ1v) is 11.5. The van der Waals surface area contributed by atoms with E-state index < -0.39 is 23.5 Å². The monoisotopic (exact) mass is 464 g/mol. The van der Waals surface area contributed by atoms with Crippen LogP contribution in [0.3, 0.4) is 0 Å². The fourth-order valence-corrected chi connectivity index (χ4v) is 4.20. The molecule has 7 nitrogen and oxygen atoms in total. The number of rotatable bonds is 11. The van der Waals surface area contributed by atoms with Crippen LogP contribution in [-0.4, -0.2) is 57.0 Å². The van der Waals surface area contributed by atoms with Crippen molar-refractivity contribution in [2.75, 3.05) is 40.4 Å². The number of amides is 1. The average Bonchev–Trinajstić information content (AvgIpc) is 3.13. The molecule has 34 heavy (non-hydrogen) atoms. The van der Waals surface area contributed by atoms with Crippen molar-refractivity contribution >= 4 is 17.8 Å². The Hall–Kier alpha value is -3.58. The maximum Gasteiger partial charge on any atom is 0.240 e. The quantitative estimate of drug-likeness (QED) is 0.509. The number of allylic oxidation sites excluding steroid dienone is 1. The van der Waals surface area contributed by atoms with Crippen LogP contribution in [0, 0.1) is 0 Å². The molecule has 0 aromatic heterocycles. The van der Waals surface area contributed by atoms with Crippen molar-refractivity contribution < 1.29 is 29.1 Å². The molecule has 0 bridgehead atoms. The van der Waals surface area contributed by atoms with E-state index in [1.165, 1.54) is 23.0 Å². The van der Waals surface area contributed by atoms with Crippen LogP contribution in [0.1, 0.15) is 31.0 Å². The molecular formula is C27H32N2O5. The number of ether oxygens (including phenoxy) is 2. The Morgan fingerprint density at radius 2 is 1.79 bits per heavy atom. The summed E-state index contributed by atoms with van der Waals surface area (Å²) in [4.78, 5) is 29.2. The highest BCUT2D eigenvalue weighted by molar-refractivity contribution is 6.14. The van der Waals surface area contributed by atoms with Gasteiger partial charge in [0, 0.05) is 17.2 Å². The fraction of sp³-hybridized carbons (Fsp3) is 0.333. The molecule has 2 aromatic carbocycles. The molecular weight excluding hydrogens is 432 g/mol. The first kappa shape index (κ1) is 25.1. The predicted molar refractivity (Wildman–Crippen MR) is 128 cm³/mol. The van der Waals surface area contributed by atoms with E-state index in [4.69, 9.17) is 9.47 Å². The molecule has 0 spiro atoms. The molecule has 1 amide bonds. The smallest absolute Gasteiger partial charge is 0.240 e. The van der Waals surface area contributed by atoms with E-state index >= 15 is 0 Å². The molecule has 7 heteroatoms. The van der Waals surface area contributed by atoms with Gasteiger partial charge in [-0.1, -0.05) is 36.4 Å². The normalized spacial score (nSPS) is 16.1. The van der Waals surface area contributed by atoms with Gasteiger partial charge in [-0.05, 0) is 43.4 Å². The minimum atomic E-state index is -0.830. The Bertz CT molecular complexity index is 1070. The lowest BCUT2D eigenvalue weighted by Gasteiger charge is -2.29. The molecule has 1 atom stereocenters. The molecule has 1 aliphatic heterocycles. The number of ketones is 1. The van der Waals surface area contributed by atoms with Gasteiger partial charge in [-0.25, -0.2) is 0 Å². The van der Waals surface area contributed by atoms with Gasteiger partial charge in [0.1, 0.15) is 11.5 Å². The zero-order valence-corrected chi connectivity index (χ0v) is 20.2. The Balaban J connectivity index is 2.03. The van der Waals surface area contributed by atoms with E-state index in [1.807, 2.05) is 30.3 Å². The molecule has 0 saturated carbocycles. The number of hydrogen-bond donors (Lipinski definition) is 1. The molecule has 0 radical (unpaired) electrons. The number of hydrogen-bond acceptors (Lipinski definition) is 5. The van der Waals surface area contributed by atoms with E-state index in [9.17, 15) is 14.7 Å². The van der Waals surface area contributed by atoms with Crippen molar-refractivity contribution in [1.29, 1.82) is 0 Å². The van der Waals surface area contributed by atoms with Gasteiger partial charge in [0.05, 0.1) is 46.4 Å². The summed E-state index contributed by atoms with van der Waals surface area (Å²) >= 11 is 0. The first-order valence-electron chi connectivity index (χ1n) is 11.5. The number of likely N-dealkylation sites (N-methyl/N-ethyl adjacent to an activating group) is 1. The molecule has 1 N–H and O–H groups in total. The number of carbonyl (C=O) groups is 2. The second-order valence-electron chi connectivity index (χ2n) is 8.07. The lowest BCUT2D eigenvalue weighted by atomic mass is 9.94. The van der Waals surface area contributed by atoms with E-state index in [1.54, 1.807) is 31.4 Å². The number of benzene rings is 2. The molecule has 1 unspecified atom stereocenters. The zero-order chi connectivity index (χ0) is 24.7. The predicted octanol–water partition coefficient (Wildman–Crippen LogP) is 1.41. The van der Waals surface area contributed by atoms with Gasteiger partial charge in [0.2, 0.25) is 5.91 Å². The third kappa shape index (κ3) is 5.31. The first-order chi connectivity index (χ1) is 16.4. The van der Waals surface area contributed by atoms with Crippen LogP contribution in [-0.2, 0) is 9.59 Å². The van der Waals surface area contributed by atoms with E-state index in [0.717, 1.165) is 18.7 Å². The molecule has 0 aliphatic carbocycles. The minimum Gasteiger partial charge on any atom is -0.868 e. The van der Waals surface area contributed by atoms with E-state index in [2.05, 4.69) is 13.8 Å². The highest BCUT2D eigenvalue weighted by Gasteiger charge is 2.40. The molecule has 2 aromatic rings. The van der Waals surface area contributed by atoms with Crippen molar-refractivity contribution in [2.45, 2.75) is 19.9 Å². The Labute approximate surface area is 200 Å². The number of nitrogens with zero attached hydrogens (tertiary/aromatic N) is 1. The number of quaternary nitrogens is 1. The summed E-state index contributed by atoms with van der Waals surface area (Å²) in [5.41, 5.74) is 1.34. The molecule has 0 fully saturated rings. The van der Waals surface area contributed by atoms with Crippen LogP contribution in [0.25, 0.3) is 6.08 Å². The van der Waals surface area contributed by atoms with Gasteiger partial charge >= 0.3 is 0 Å². The van der Waals surface area contributed by atoms with Gasteiger partial charge in [-0.15, -0.1) is 0 Å². The Morgan fingerprint density at radius 1 is 1.09 bits per heavy atom. The van der Waals surface area contributed by atoms with E-state index in [-0.39, 0.29) is 5.57 Å². The summed E-state index contributed by atoms with van der Waals surface area (Å²) in [6, 6.07) is 13.7. The van der Waals surface area contributed by atoms with Gasteiger partial charge in [-0.2, -0.15) is 0 Å². The maximum absolute atomic E-state index is 13.3. The van der Waals surface area contributed by atoms with Crippen molar-refractivity contribution in [2.24, 2.45) is 0 Å². The minimum absolute atomic E-state index is 0.0600. The Kier molecular flexibility index (Phi) is 8.49. The topological polar surface area (TPSA) is 83.3 Å². The summed E-state index contributed by atoms with van der Waals surface area (Å²) in [5, 5.41) is 13.1. The summed E-state index contributed by atoms with van der Waals surface area (Å²) in [7, 11) is 3.06. The lowest BCUT2D eigenvalue weighted by molar-refractivity contribution is -0.895. The number of methoxy groups -OCH3 is 2. The molecule has 0 saturated heterocycles. The fourth-order valence-electron chi connectivity index (χ4n) is 4.20. The summed E-state index contributed by atoms with van der Waals surface area (Å²) in [5.74, 6) is -0.884. The number of nitrogens with one attached hydrogen (secondary N) is 1. The summed E-state index contributed by atoms with van der Waals surface area (Å²) in [6.45, 7) is 6.98. The van der Waals surface area contributed by atoms with Crippen LogP contribution in [0.2, 0.25) is 0 Å². The highest BCUT2D eigenvalue weighted by Crippen LogP contribution is 2.41. The van der Waals surface area contributed by atoms with Crippen molar-refractivity contribution in [3.63, 3.8) is 0 Å². The van der Waals surface area contributed by atoms with Crippen molar-refractivity contribution in [3.05, 3.63) is 77.1 Å². The van der Waals surface area contributed by atoms with Crippen LogP contribution >= 0.6 is 0 Å². The Morgan fingerprint density at radius 3 is 2.41 bits per heavy atom. The standard InChI is InChI=1S/C27H32N2O5/c1-5-28(6-2)16-17-29-25(21-14-13-20(33-3)18-23(21)34-4)24(26(31)27(29)32)22(30)15-12-19-10-8-7-9-11-19/h7-15,18,25,31H,5-6,16-17H2,1-4H3/b15-12+. The number of carbonyl (C=O) groups excluding carboxylic acids is 2.